The van der Waals surface area contributed by atoms with E-state index in [4.69, 9.17) is 11.6 Å². The average Bonchev–Trinajstić information content (AvgIpc) is 2.89. The lowest BCUT2D eigenvalue weighted by Crippen LogP contribution is -2.14. The summed E-state index contributed by atoms with van der Waals surface area (Å²) in [5.74, 6) is -0.0845. The second kappa shape index (κ2) is 6.20. The molecule has 22 heavy (non-hydrogen) atoms. The van der Waals surface area contributed by atoms with Gasteiger partial charge in [0, 0.05) is 18.1 Å². The van der Waals surface area contributed by atoms with Gasteiger partial charge >= 0.3 is 0 Å². The van der Waals surface area contributed by atoms with Crippen molar-refractivity contribution in [3.63, 3.8) is 0 Å². The molecule has 5 heteroatoms. The summed E-state index contributed by atoms with van der Waals surface area (Å²) in [4.78, 5) is 16.5. The number of benzene rings is 1. The number of aryl methyl sites for hydroxylation is 1. The van der Waals surface area contributed by atoms with E-state index in [2.05, 4.69) is 17.2 Å². The number of rotatable bonds is 4. The van der Waals surface area contributed by atoms with E-state index in [9.17, 15) is 4.79 Å². The number of nitrogens with one attached hydrogen (secondary N) is 1. The highest BCUT2D eigenvalue weighted by Crippen LogP contribution is 2.13. The molecule has 3 aromatic rings. The molecule has 2 heterocycles. The van der Waals surface area contributed by atoms with Gasteiger partial charge in [0.05, 0.1) is 17.1 Å². The van der Waals surface area contributed by atoms with E-state index < -0.39 is 0 Å². The van der Waals surface area contributed by atoms with Crippen LogP contribution in [0.15, 0.2) is 48.8 Å². The highest BCUT2D eigenvalue weighted by atomic mass is 35.5. The van der Waals surface area contributed by atoms with Gasteiger partial charge in [0.1, 0.15) is 5.65 Å². The summed E-state index contributed by atoms with van der Waals surface area (Å²) in [6.45, 7) is 2.10. The van der Waals surface area contributed by atoms with Gasteiger partial charge in [0.2, 0.25) is 5.91 Å². The number of hydrogen-bond acceptors (Lipinski definition) is 2. The Balaban J connectivity index is 1.69. The SMILES string of the molecule is CCc1ccc(NC(=O)Cc2cn3cc(Cl)ccc3n2)cc1. The third-order valence-electron chi connectivity index (χ3n) is 3.45. The zero-order valence-corrected chi connectivity index (χ0v) is 13.0. The number of anilines is 1. The first-order valence-corrected chi connectivity index (χ1v) is 7.54. The van der Waals surface area contributed by atoms with Gasteiger partial charge in [-0.15, -0.1) is 0 Å². The van der Waals surface area contributed by atoms with Crippen molar-refractivity contribution in [2.45, 2.75) is 19.8 Å². The molecule has 0 atom stereocenters. The zero-order chi connectivity index (χ0) is 15.5. The predicted molar refractivity (Wildman–Crippen MR) is 88.4 cm³/mol. The Kier molecular flexibility index (Phi) is 4.11. The van der Waals surface area contributed by atoms with Crippen LogP contribution in [0.2, 0.25) is 5.02 Å². The maximum absolute atomic E-state index is 12.1. The zero-order valence-electron chi connectivity index (χ0n) is 12.2. The van der Waals surface area contributed by atoms with Gasteiger partial charge in [0.15, 0.2) is 0 Å². The van der Waals surface area contributed by atoms with E-state index in [1.54, 1.807) is 12.3 Å². The van der Waals surface area contributed by atoms with Crippen LogP contribution in [0.3, 0.4) is 0 Å². The summed E-state index contributed by atoms with van der Waals surface area (Å²) in [6, 6.07) is 11.5. The van der Waals surface area contributed by atoms with Gasteiger partial charge in [-0.1, -0.05) is 30.7 Å². The minimum atomic E-state index is -0.0845. The largest absolute Gasteiger partial charge is 0.326 e. The van der Waals surface area contributed by atoms with Gasteiger partial charge < -0.3 is 9.72 Å². The molecule has 0 saturated heterocycles. The molecular formula is C17H16ClN3O. The molecule has 0 fully saturated rings. The minimum Gasteiger partial charge on any atom is -0.326 e. The summed E-state index contributed by atoms with van der Waals surface area (Å²) in [5.41, 5.74) is 3.54. The van der Waals surface area contributed by atoms with Crippen LogP contribution in [0, 0.1) is 0 Å². The van der Waals surface area contributed by atoms with Crippen molar-refractivity contribution in [2.75, 3.05) is 5.32 Å². The highest BCUT2D eigenvalue weighted by molar-refractivity contribution is 6.30. The summed E-state index contributed by atoms with van der Waals surface area (Å²) >= 11 is 5.94. The number of pyridine rings is 1. The monoisotopic (exact) mass is 313 g/mol. The Morgan fingerprint density at radius 2 is 1.95 bits per heavy atom. The first-order valence-electron chi connectivity index (χ1n) is 7.16. The van der Waals surface area contributed by atoms with E-state index in [-0.39, 0.29) is 12.3 Å². The lowest BCUT2D eigenvalue weighted by atomic mass is 10.1. The molecule has 0 unspecified atom stereocenters. The molecular weight excluding hydrogens is 298 g/mol. The number of halogens is 1. The van der Waals surface area contributed by atoms with Crippen molar-refractivity contribution in [1.82, 2.24) is 9.38 Å². The van der Waals surface area contributed by atoms with Gasteiger partial charge in [-0.2, -0.15) is 0 Å². The van der Waals surface area contributed by atoms with Gasteiger partial charge in [-0.3, -0.25) is 4.79 Å². The lowest BCUT2D eigenvalue weighted by Gasteiger charge is -2.04. The second-order valence-electron chi connectivity index (χ2n) is 5.12. The van der Waals surface area contributed by atoms with E-state index in [0.717, 1.165) is 17.8 Å². The fraction of sp³-hybridized carbons (Fsp3) is 0.176. The van der Waals surface area contributed by atoms with E-state index in [0.29, 0.717) is 10.7 Å². The number of aromatic nitrogens is 2. The number of carbonyl (C=O) groups is 1. The van der Waals surface area contributed by atoms with Crippen molar-refractivity contribution in [2.24, 2.45) is 0 Å². The van der Waals surface area contributed by atoms with Gasteiger partial charge in [-0.25, -0.2) is 4.98 Å². The van der Waals surface area contributed by atoms with Crippen LogP contribution in [0.1, 0.15) is 18.2 Å². The second-order valence-corrected chi connectivity index (χ2v) is 5.56. The Morgan fingerprint density at radius 1 is 1.18 bits per heavy atom. The molecule has 2 aromatic heterocycles. The maximum Gasteiger partial charge on any atom is 0.230 e. The molecule has 0 bridgehead atoms. The van der Waals surface area contributed by atoms with E-state index >= 15 is 0 Å². The van der Waals surface area contributed by atoms with E-state index in [1.807, 2.05) is 40.9 Å². The molecule has 0 radical (unpaired) electrons. The molecule has 0 saturated carbocycles. The van der Waals surface area contributed by atoms with Crippen LogP contribution in [0.5, 0.6) is 0 Å². The Hall–Kier alpha value is -2.33. The molecule has 1 aromatic carbocycles. The first kappa shape index (κ1) is 14.6. The van der Waals surface area contributed by atoms with Crippen LogP contribution in [-0.4, -0.2) is 15.3 Å². The number of amides is 1. The highest BCUT2D eigenvalue weighted by Gasteiger charge is 2.08. The lowest BCUT2D eigenvalue weighted by molar-refractivity contribution is -0.115. The summed E-state index contributed by atoms with van der Waals surface area (Å²) in [6.07, 6.45) is 4.81. The summed E-state index contributed by atoms with van der Waals surface area (Å²) in [5, 5.41) is 3.52. The average molecular weight is 314 g/mol. The number of hydrogen-bond donors (Lipinski definition) is 1. The molecule has 1 amide bonds. The van der Waals surface area contributed by atoms with Crippen LogP contribution in [-0.2, 0) is 17.6 Å². The van der Waals surface area contributed by atoms with Crippen molar-refractivity contribution in [1.29, 1.82) is 0 Å². The predicted octanol–water partition coefficient (Wildman–Crippen LogP) is 3.73. The molecule has 0 aliphatic rings. The normalized spacial score (nSPS) is 10.8. The van der Waals surface area contributed by atoms with Crippen molar-refractivity contribution >= 4 is 28.8 Å². The first-order chi connectivity index (χ1) is 10.6. The fourth-order valence-electron chi connectivity index (χ4n) is 2.30. The number of carbonyl (C=O) groups excluding carboxylic acids is 1. The number of imidazole rings is 1. The Labute approximate surface area is 133 Å². The van der Waals surface area contributed by atoms with Crippen LogP contribution in [0.4, 0.5) is 5.69 Å². The van der Waals surface area contributed by atoms with Crippen molar-refractivity contribution < 1.29 is 4.79 Å². The van der Waals surface area contributed by atoms with Gasteiger partial charge in [-0.05, 0) is 36.2 Å². The fourth-order valence-corrected chi connectivity index (χ4v) is 2.46. The topological polar surface area (TPSA) is 46.4 Å². The van der Waals surface area contributed by atoms with Crippen LogP contribution in [0.25, 0.3) is 5.65 Å². The third-order valence-corrected chi connectivity index (χ3v) is 3.68. The Bertz CT molecular complexity index is 808. The third kappa shape index (κ3) is 3.28. The maximum atomic E-state index is 12.1. The van der Waals surface area contributed by atoms with E-state index in [1.165, 1.54) is 5.56 Å². The van der Waals surface area contributed by atoms with Crippen LogP contribution >= 0.6 is 11.6 Å². The molecule has 112 valence electrons. The standard InChI is InChI=1S/C17H16ClN3O/c1-2-12-3-6-14(7-4-12)20-17(22)9-15-11-21-10-13(18)5-8-16(21)19-15/h3-8,10-11H,2,9H2,1H3,(H,20,22). The number of fused-ring (bicyclic) bond motifs is 1. The molecule has 0 spiro atoms. The van der Waals surface area contributed by atoms with Crippen LogP contribution < -0.4 is 5.32 Å². The number of nitrogens with zero attached hydrogens (tertiary/aromatic N) is 2. The molecule has 0 aliphatic carbocycles. The molecule has 3 rings (SSSR count). The molecule has 1 N–H and O–H groups in total. The smallest absolute Gasteiger partial charge is 0.230 e. The summed E-state index contributed by atoms with van der Waals surface area (Å²) in [7, 11) is 0. The molecule has 4 nitrogen and oxygen atoms in total. The quantitative estimate of drug-likeness (QED) is 0.797. The van der Waals surface area contributed by atoms with Crippen molar-refractivity contribution in [3.8, 4) is 0 Å². The summed E-state index contributed by atoms with van der Waals surface area (Å²) < 4.78 is 1.82. The molecule has 0 aliphatic heterocycles. The van der Waals surface area contributed by atoms with Gasteiger partial charge in [0.25, 0.3) is 0 Å². The minimum absolute atomic E-state index is 0.0845. The Morgan fingerprint density at radius 3 is 2.68 bits per heavy atom. The van der Waals surface area contributed by atoms with Crippen molar-refractivity contribution in [3.05, 3.63) is 65.1 Å².